The van der Waals surface area contributed by atoms with Crippen LogP contribution in [0.25, 0.3) is 0 Å². The zero-order valence-electron chi connectivity index (χ0n) is 15.1. The Bertz CT molecular complexity index is 553. The van der Waals surface area contributed by atoms with Crippen LogP contribution in [0.5, 0.6) is 0 Å². The number of nitrogens with zero attached hydrogens (tertiary/aromatic N) is 3. The number of aryl methyl sites for hydroxylation is 1. The highest BCUT2D eigenvalue weighted by Gasteiger charge is 2.32. The van der Waals surface area contributed by atoms with E-state index in [1.54, 1.807) is 6.07 Å². The first kappa shape index (κ1) is 17.4. The van der Waals surface area contributed by atoms with E-state index in [-0.39, 0.29) is 5.91 Å². The molecule has 2 heterocycles. The predicted molar refractivity (Wildman–Crippen MR) is 93.8 cm³/mol. The van der Waals surface area contributed by atoms with Gasteiger partial charge in [0.25, 0.3) is 0 Å². The molecule has 6 nitrogen and oxygen atoms in total. The Morgan fingerprint density at radius 1 is 1.42 bits per heavy atom. The number of aromatic nitrogens is 1. The van der Waals surface area contributed by atoms with Gasteiger partial charge in [-0.05, 0) is 51.1 Å². The van der Waals surface area contributed by atoms with E-state index < -0.39 is 0 Å². The number of rotatable bonds is 6. The highest BCUT2D eigenvalue weighted by atomic mass is 16.5. The normalized spacial score (nSPS) is 23.4. The molecule has 1 N–H and O–H groups in total. The van der Waals surface area contributed by atoms with Gasteiger partial charge < -0.3 is 9.84 Å². The molecule has 1 aliphatic heterocycles. The third-order valence-corrected chi connectivity index (χ3v) is 5.06. The highest BCUT2D eigenvalue weighted by molar-refractivity contribution is 5.91. The van der Waals surface area contributed by atoms with E-state index in [1.807, 2.05) is 6.92 Å². The summed E-state index contributed by atoms with van der Waals surface area (Å²) in [5, 5.41) is 6.66. The Hall–Kier alpha value is -1.40. The number of amides is 1. The lowest BCUT2D eigenvalue weighted by molar-refractivity contribution is -0.117. The van der Waals surface area contributed by atoms with Gasteiger partial charge >= 0.3 is 0 Å². The predicted octanol–water partition coefficient (Wildman–Crippen LogP) is 2.36. The lowest BCUT2D eigenvalue weighted by Gasteiger charge is -2.34. The summed E-state index contributed by atoms with van der Waals surface area (Å²) in [4.78, 5) is 17.3. The zero-order valence-corrected chi connectivity index (χ0v) is 15.1. The number of hydrogen-bond donors (Lipinski definition) is 1. The summed E-state index contributed by atoms with van der Waals surface area (Å²) >= 11 is 0. The van der Waals surface area contributed by atoms with Crippen molar-refractivity contribution in [2.24, 2.45) is 11.8 Å². The van der Waals surface area contributed by atoms with E-state index in [9.17, 15) is 4.79 Å². The summed E-state index contributed by atoms with van der Waals surface area (Å²) < 4.78 is 5.00. The first-order chi connectivity index (χ1) is 11.5. The molecular formula is C18H30N4O2. The third kappa shape index (κ3) is 4.80. The van der Waals surface area contributed by atoms with Crippen LogP contribution < -0.4 is 5.32 Å². The second kappa shape index (κ2) is 7.66. The zero-order chi connectivity index (χ0) is 17.1. The number of hydrogen-bond acceptors (Lipinski definition) is 5. The Labute approximate surface area is 144 Å². The Morgan fingerprint density at radius 2 is 2.21 bits per heavy atom. The molecule has 2 fully saturated rings. The van der Waals surface area contributed by atoms with Crippen molar-refractivity contribution < 1.29 is 9.32 Å². The summed E-state index contributed by atoms with van der Waals surface area (Å²) in [6, 6.07) is 2.28. The Balaban J connectivity index is 1.55. The fourth-order valence-corrected chi connectivity index (χ4v) is 3.58. The quantitative estimate of drug-likeness (QED) is 0.865. The van der Waals surface area contributed by atoms with Crippen molar-refractivity contribution in [3.05, 3.63) is 11.8 Å². The maximum Gasteiger partial charge on any atom is 0.239 e. The summed E-state index contributed by atoms with van der Waals surface area (Å²) in [5.41, 5.74) is 0. The molecule has 1 aromatic rings. The largest absolute Gasteiger partial charge is 0.360 e. The van der Waals surface area contributed by atoms with Crippen LogP contribution in [0.1, 0.15) is 38.9 Å². The van der Waals surface area contributed by atoms with E-state index in [0.717, 1.165) is 32.0 Å². The van der Waals surface area contributed by atoms with E-state index in [0.29, 0.717) is 30.1 Å². The van der Waals surface area contributed by atoms with Crippen molar-refractivity contribution >= 4 is 11.7 Å². The molecule has 1 saturated carbocycles. The first-order valence-electron chi connectivity index (χ1n) is 9.21. The maximum atomic E-state index is 12.3. The van der Waals surface area contributed by atoms with Gasteiger partial charge in [-0.15, -0.1) is 0 Å². The molecule has 0 aromatic carbocycles. The van der Waals surface area contributed by atoms with E-state index in [2.05, 4.69) is 34.1 Å². The first-order valence-corrected chi connectivity index (χ1v) is 9.21. The minimum atomic E-state index is -0.0125. The monoisotopic (exact) mass is 334 g/mol. The van der Waals surface area contributed by atoms with Gasteiger partial charge in [-0.25, -0.2) is 0 Å². The van der Waals surface area contributed by atoms with Crippen LogP contribution in [-0.4, -0.2) is 59.6 Å². The van der Waals surface area contributed by atoms with Gasteiger partial charge in [0.2, 0.25) is 5.91 Å². The smallest absolute Gasteiger partial charge is 0.239 e. The molecule has 3 rings (SSSR count). The lowest BCUT2D eigenvalue weighted by atomic mass is 10.0. The molecule has 0 radical (unpaired) electrons. The van der Waals surface area contributed by atoms with E-state index >= 15 is 0 Å². The van der Waals surface area contributed by atoms with Crippen LogP contribution in [0.2, 0.25) is 0 Å². The molecule has 24 heavy (non-hydrogen) atoms. The molecule has 0 bridgehead atoms. The van der Waals surface area contributed by atoms with Crippen molar-refractivity contribution in [1.82, 2.24) is 15.0 Å². The van der Waals surface area contributed by atoms with Crippen LogP contribution in [0, 0.1) is 18.8 Å². The molecule has 1 atom stereocenters. The molecule has 1 aromatic heterocycles. The maximum absolute atomic E-state index is 12.3. The number of carbonyl (C=O) groups is 1. The van der Waals surface area contributed by atoms with Crippen LogP contribution in [0.3, 0.4) is 0 Å². The van der Waals surface area contributed by atoms with Crippen molar-refractivity contribution in [3.63, 3.8) is 0 Å². The molecule has 134 valence electrons. The van der Waals surface area contributed by atoms with E-state index in [4.69, 9.17) is 4.52 Å². The van der Waals surface area contributed by atoms with Gasteiger partial charge in [0, 0.05) is 25.2 Å². The second-order valence-corrected chi connectivity index (χ2v) is 7.71. The highest BCUT2D eigenvalue weighted by Crippen LogP contribution is 2.31. The van der Waals surface area contributed by atoms with Crippen LogP contribution >= 0.6 is 0 Å². The summed E-state index contributed by atoms with van der Waals surface area (Å²) in [5.74, 6) is 2.71. The number of nitrogens with one attached hydrogen (secondary N) is 1. The summed E-state index contributed by atoms with van der Waals surface area (Å²) in [6.45, 7) is 11.2. The van der Waals surface area contributed by atoms with Crippen LogP contribution in [-0.2, 0) is 4.79 Å². The van der Waals surface area contributed by atoms with Gasteiger partial charge in [-0.3, -0.25) is 14.6 Å². The number of carbonyl (C=O) groups excluding carboxylic acids is 1. The fraction of sp³-hybridized carbons (Fsp3) is 0.778. The topological polar surface area (TPSA) is 61.6 Å². The van der Waals surface area contributed by atoms with Gasteiger partial charge in [0.1, 0.15) is 5.76 Å². The SMILES string of the molecule is Cc1cc(NC(=O)CN2CCCN(CC3CC3)C(C(C)C)C2)no1. The van der Waals surface area contributed by atoms with Gasteiger partial charge in [-0.1, -0.05) is 19.0 Å². The molecule has 1 unspecified atom stereocenters. The summed E-state index contributed by atoms with van der Waals surface area (Å²) in [6.07, 6.45) is 3.92. The molecule has 1 amide bonds. The second-order valence-electron chi connectivity index (χ2n) is 7.71. The van der Waals surface area contributed by atoms with Gasteiger partial charge in [0.15, 0.2) is 5.82 Å². The number of anilines is 1. The van der Waals surface area contributed by atoms with Crippen LogP contribution in [0.4, 0.5) is 5.82 Å². The molecule has 1 aliphatic carbocycles. The average Bonchev–Trinajstić information content (AvgIpc) is 3.27. The molecule has 1 saturated heterocycles. The third-order valence-electron chi connectivity index (χ3n) is 5.06. The molecule has 2 aliphatic rings. The molecular weight excluding hydrogens is 304 g/mol. The van der Waals surface area contributed by atoms with Gasteiger partial charge in [0.05, 0.1) is 6.54 Å². The average molecular weight is 334 g/mol. The van der Waals surface area contributed by atoms with Gasteiger partial charge in [-0.2, -0.15) is 0 Å². The van der Waals surface area contributed by atoms with Crippen LogP contribution in [0.15, 0.2) is 10.6 Å². The molecule has 6 heteroatoms. The van der Waals surface area contributed by atoms with Crippen molar-refractivity contribution in [2.45, 2.75) is 46.1 Å². The standard InChI is InChI=1S/C18H30N4O2/c1-13(2)16-11-21(7-4-8-22(16)10-15-5-6-15)12-18(23)19-17-9-14(3)24-20-17/h9,13,15-16H,4-8,10-12H2,1-3H3,(H,19,20,23). The molecule has 0 spiro atoms. The fourth-order valence-electron chi connectivity index (χ4n) is 3.58. The van der Waals surface area contributed by atoms with E-state index in [1.165, 1.54) is 19.4 Å². The Morgan fingerprint density at radius 3 is 2.83 bits per heavy atom. The minimum absolute atomic E-state index is 0.0125. The summed E-state index contributed by atoms with van der Waals surface area (Å²) in [7, 11) is 0. The van der Waals surface area contributed by atoms with Crippen molar-refractivity contribution in [3.8, 4) is 0 Å². The van der Waals surface area contributed by atoms with Crippen molar-refractivity contribution in [2.75, 3.05) is 38.0 Å². The lowest BCUT2D eigenvalue weighted by Crippen LogP contribution is -2.46. The van der Waals surface area contributed by atoms with Crippen molar-refractivity contribution in [1.29, 1.82) is 0 Å². The minimum Gasteiger partial charge on any atom is -0.360 e. The Kier molecular flexibility index (Phi) is 5.56.